The maximum absolute atomic E-state index is 12.9. The third-order valence-corrected chi connectivity index (χ3v) is 4.15. The van der Waals surface area contributed by atoms with Gasteiger partial charge in [-0.15, -0.1) is 0 Å². The lowest BCUT2D eigenvalue weighted by Gasteiger charge is -2.38. The summed E-state index contributed by atoms with van der Waals surface area (Å²) in [6.45, 7) is 1.12. The highest BCUT2D eigenvalue weighted by Gasteiger charge is 2.32. The van der Waals surface area contributed by atoms with Crippen LogP contribution in [0, 0.1) is 11.3 Å². The predicted molar refractivity (Wildman–Crippen MR) is 79.8 cm³/mol. The number of nitrogens with zero attached hydrogens (tertiary/aromatic N) is 2. The number of rotatable bonds is 3. The molecule has 4 heteroatoms. The molecule has 108 valence electrons. The number of benzene rings is 1. The number of amides is 1. The first-order chi connectivity index (χ1) is 10.3. The molecule has 21 heavy (non-hydrogen) atoms. The van der Waals surface area contributed by atoms with Gasteiger partial charge in [-0.1, -0.05) is 12.1 Å². The molecule has 4 nitrogen and oxygen atoms in total. The van der Waals surface area contributed by atoms with E-state index in [0.717, 1.165) is 30.5 Å². The maximum atomic E-state index is 12.9. The maximum Gasteiger partial charge on any atom is 0.254 e. The van der Waals surface area contributed by atoms with E-state index in [1.807, 2.05) is 23.1 Å². The summed E-state index contributed by atoms with van der Waals surface area (Å²) in [4.78, 5) is 14.7. The molecule has 1 amide bonds. The molecule has 1 fully saturated rings. The average molecular weight is 282 g/mol. The lowest BCUT2D eigenvalue weighted by atomic mass is 9.90. The summed E-state index contributed by atoms with van der Waals surface area (Å²) in [6, 6.07) is 9.72. The van der Waals surface area contributed by atoms with Gasteiger partial charge < -0.3 is 9.64 Å². The Morgan fingerprint density at radius 2 is 2.24 bits per heavy atom. The first-order valence-corrected chi connectivity index (χ1v) is 7.40. The molecular weight excluding hydrogens is 264 g/mol. The molecule has 1 heterocycles. The minimum Gasteiger partial charge on any atom is -0.377 e. The van der Waals surface area contributed by atoms with E-state index < -0.39 is 0 Å². The van der Waals surface area contributed by atoms with Crippen LogP contribution in [0.2, 0.25) is 0 Å². The Balaban J connectivity index is 1.92. The zero-order valence-corrected chi connectivity index (χ0v) is 11.9. The lowest BCUT2D eigenvalue weighted by Crippen LogP contribution is -2.45. The minimum absolute atomic E-state index is 0.0677. The van der Waals surface area contributed by atoms with E-state index in [0.29, 0.717) is 25.2 Å². The molecule has 1 aliphatic heterocycles. The fourth-order valence-corrected chi connectivity index (χ4v) is 2.74. The van der Waals surface area contributed by atoms with Crippen molar-refractivity contribution < 1.29 is 9.53 Å². The molecule has 0 aromatic heterocycles. The highest BCUT2D eigenvalue weighted by molar-refractivity contribution is 6.06. The molecule has 0 atom stereocenters. The van der Waals surface area contributed by atoms with Crippen LogP contribution in [-0.4, -0.2) is 25.2 Å². The van der Waals surface area contributed by atoms with E-state index in [1.54, 1.807) is 12.1 Å². The zero-order chi connectivity index (χ0) is 14.7. The van der Waals surface area contributed by atoms with Crippen LogP contribution in [0.25, 0.3) is 0 Å². The average Bonchev–Trinajstić information content (AvgIpc) is 2.51. The van der Waals surface area contributed by atoms with Crippen LogP contribution in [0.5, 0.6) is 0 Å². The van der Waals surface area contributed by atoms with Gasteiger partial charge in [-0.05, 0) is 37.5 Å². The lowest BCUT2D eigenvalue weighted by molar-refractivity contribution is -0.116. The van der Waals surface area contributed by atoms with Gasteiger partial charge in [-0.2, -0.15) is 5.26 Å². The number of nitriles is 1. The number of hydrogen-bond donors (Lipinski definition) is 0. The molecular formula is C17H18N2O2. The number of carbonyl (C=O) groups excluding carboxylic acids is 1. The molecule has 1 aliphatic carbocycles. The molecule has 0 saturated heterocycles. The number of ether oxygens (including phenoxy) is 1. The zero-order valence-electron chi connectivity index (χ0n) is 11.9. The van der Waals surface area contributed by atoms with Gasteiger partial charge in [0.1, 0.15) is 0 Å². The van der Waals surface area contributed by atoms with Crippen LogP contribution in [0.1, 0.15) is 31.2 Å². The normalized spacial score (nSPS) is 18.3. The van der Waals surface area contributed by atoms with Crippen molar-refractivity contribution in [2.75, 3.05) is 18.1 Å². The topological polar surface area (TPSA) is 53.3 Å². The molecule has 1 aromatic carbocycles. The number of anilines is 1. The third-order valence-electron chi connectivity index (χ3n) is 4.15. The van der Waals surface area contributed by atoms with Crippen LogP contribution in [0.15, 0.2) is 35.9 Å². The highest BCUT2D eigenvalue weighted by atomic mass is 16.5. The van der Waals surface area contributed by atoms with E-state index in [2.05, 4.69) is 6.07 Å². The van der Waals surface area contributed by atoms with Crippen molar-refractivity contribution in [3.63, 3.8) is 0 Å². The second-order valence-electron chi connectivity index (χ2n) is 5.48. The Hall–Kier alpha value is -2.12. The standard InChI is InChI=1S/C17H18N2O2/c18-12-13-3-1-6-16(11-13)19(15-4-2-5-15)17(20)14-7-9-21-10-8-14/h1,3,6-7,11,15H,2,4-5,8-10H2. The van der Waals surface area contributed by atoms with E-state index >= 15 is 0 Å². The summed E-state index contributed by atoms with van der Waals surface area (Å²) in [5.41, 5.74) is 2.25. The molecule has 1 saturated carbocycles. The second kappa shape index (κ2) is 6.11. The molecule has 0 bridgehead atoms. The first kappa shape index (κ1) is 13.8. The van der Waals surface area contributed by atoms with Gasteiger partial charge in [0.05, 0.1) is 24.8 Å². The van der Waals surface area contributed by atoms with Crippen molar-refractivity contribution in [2.24, 2.45) is 0 Å². The molecule has 0 N–H and O–H groups in total. The molecule has 0 spiro atoms. The van der Waals surface area contributed by atoms with Crippen LogP contribution in [0.3, 0.4) is 0 Å². The summed E-state index contributed by atoms with van der Waals surface area (Å²) in [7, 11) is 0. The van der Waals surface area contributed by atoms with Crippen molar-refractivity contribution in [1.29, 1.82) is 5.26 Å². The van der Waals surface area contributed by atoms with Gasteiger partial charge in [0.25, 0.3) is 5.91 Å². The van der Waals surface area contributed by atoms with Crippen molar-refractivity contribution >= 4 is 11.6 Å². The fraction of sp³-hybridized carbons (Fsp3) is 0.412. The van der Waals surface area contributed by atoms with Crippen LogP contribution in [0.4, 0.5) is 5.69 Å². The summed E-state index contributed by atoms with van der Waals surface area (Å²) < 4.78 is 5.28. The van der Waals surface area contributed by atoms with Crippen molar-refractivity contribution in [1.82, 2.24) is 0 Å². The summed E-state index contributed by atoms with van der Waals surface area (Å²) >= 11 is 0. The minimum atomic E-state index is 0.0677. The Morgan fingerprint density at radius 3 is 2.86 bits per heavy atom. The molecule has 1 aromatic rings. The van der Waals surface area contributed by atoms with Gasteiger partial charge in [0, 0.05) is 23.7 Å². The van der Waals surface area contributed by atoms with Crippen molar-refractivity contribution in [2.45, 2.75) is 31.7 Å². The molecule has 0 unspecified atom stereocenters. The first-order valence-electron chi connectivity index (χ1n) is 7.40. The van der Waals surface area contributed by atoms with Crippen molar-refractivity contribution in [3.05, 3.63) is 41.5 Å². The number of carbonyl (C=O) groups is 1. The van der Waals surface area contributed by atoms with Gasteiger partial charge >= 0.3 is 0 Å². The van der Waals surface area contributed by atoms with E-state index in [-0.39, 0.29) is 11.9 Å². The fourth-order valence-electron chi connectivity index (χ4n) is 2.74. The third kappa shape index (κ3) is 2.84. The Labute approximate surface area is 124 Å². The van der Waals surface area contributed by atoms with Gasteiger partial charge in [-0.3, -0.25) is 4.79 Å². The van der Waals surface area contributed by atoms with E-state index in [1.165, 1.54) is 0 Å². The van der Waals surface area contributed by atoms with Gasteiger partial charge in [0.2, 0.25) is 0 Å². The predicted octanol–water partition coefficient (Wildman–Crippen LogP) is 2.79. The monoisotopic (exact) mass is 282 g/mol. The summed E-state index contributed by atoms with van der Waals surface area (Å²) in [5.74, 6) is 0.0677. The Bertz CT molecular complexity index is 611. The van der Waals surface area contributed by atoms with Crippen LogP contribution >= 0.6 is 0 Å². The van der Waals surface area contributed by atoms with Gasteiger partial charge in [-0.25, -0.2) is 0 Å². The van der Waals surface area contributed by atoms with E-state index in [4.69, 9.17) is 10.00 Å². The Kier molecular flexibility index (Phi) is 4.03. The largest absolute Gasteiger partial charge is 0.377 e. The van der Waals surface area contributed by atoms with Crippen LogP contribution < -0.4 is 4.90 Å². The van der Waals surface area contributed by atoms with E-state index in [9.17, 15) is 4.79 Å². The molecule has 2 aliphatic rings. The van der Waals surface area contributed by atoms with Crippen LogP contribution in [-0.2, 0) is 9.53 Å². The van der Waals surface area contributed by atoms with Gasteiger partial charge in [0.15, 0.2) is 0 Å². The second-order valence-corrected chi connectivity index (χ2v) is 5.48. The smallest absolute Gasteiger partial charge is 0.254 e. The Morgan fingerprint density at radius 1 is 1.38 bits per heavy atom. The SMILES string of the molecule is N#Cc1cccc(N(C(=O)C2=CCOCC2)C2CCC2)c1. The van der Waals surface area contributed by atoms with Crippen molar-refractivity contribution in [3.8, 4) is 6.07 Å². The quantitative estimate of drug-likeness (QED) is 0.856. The summed E-state index contributed by atoms with van der Waals surface area (Å²) in [6.07, 6.45) is 5.78. The summed E-state index contributed by atoms with van der Waals surface area (Å²) in [5, 5.41) is 9.06. The molecule has 3 rings (SSSR count). The number of hydrogen-bond acceptors (Lipinski definition) is 3. The highest BCUT2D eigenvalue weighted by Crippen LogP contribution is 2.32. The molecule has 0 radical (unpaired) electrons.